The normalized spacial score (nSPS) is 16.5. The Bertz CT molecular complexity index is 770. The van der Waals surface area contributed by atoms with Gasteiger partial charge in [-0.15, -0.1) is 0 Å². The van der Waals surface area contributed by atoms with Crippen molar-refractivity contribution in [2.24, 2.45) is 0 Å². The monoisotopic (exact) mass is 430 g/mol. The third-order valence-electron chi connectivity index (χ3n) is 5.15. The van der Waals surface area contributed by atoms with E-state index in [2.05, 4.69) is 35.4 Å². The minimum atomic E-state index is -0.794. The minimum Gasteiger partial charge on any atom is -0.458 e. The second-order valence-corrected chi connectivity index (χ2v) is 7.95. The van der Waals surface area contributed by atoms with Crippen molar-refractivity contribution < 1.29 is 28.8 Å². The Hall–Kier alpha value is -2.76. The standard InChI is InChI=1S/C25H34O6/c1-5-6-7-8-9-10-11-12-20-13-15-21(16-14-20)28-23-17-22(29-23)19(4)25(27)31-30-24(26)18(2)3/h13-16,23H,2,5-12,17H2,1,3-4H3/b22-19-. The van der Waals surface area contributed by atoms with Crippen LogP contribution in [0, 0.1) is 0 Å². The molecular weight excluding hydrogens is 396 g/mol. The lowest BCUT2D eigenvalue weighted by molar-refractivity contribution is -0.252. The first-order chi connectivity index (χ1) is 14.9. The van der Waals surface area contributed by atoms with Crippen LogP contribution in [0.25, 0.3) is 0 Å². The van der Waals surface area contributed by atoms with Gasteiger partial charge in [-0.2, -0.15) is 0 Å². The summed E-state index contributed by atoms with van der Waals surface area (Å²) < 4.78 is 11.3. The van der Waals surface area contributed by atoms with Crippen molar-refractivity contribution in [3.63, 3.8) is 0 Å². The number of hydrogen-bond donors (Lipinski definition) is 0. The summed E-state index contributed by atoms with van der Waals surface area (Å²) in [6.07, 6.45) is 10.2. The summed E-state index contributed by atoms with van der Waals surface area (Å²) in [5, 5.41) is 0. The fourth-order valence-electron chi connectivity index (χ4n) is 3.10. The molecular formula is C25H34O6. The number of carbonyl (C=O) groups is 2. The van der Waals surface area contributed by atoms with E-state index in [0.717, 1.165) is 12.2 Å². The zero-order valence-corrected chi connectivity index (χ0v) is 18.9. The predicted molar refractivity (Wildman–Crippen MR) is 118 cm³/mol. The average Bonchev–Trinajstić information content (AvgIpc) is 2.73. The lowest BCUT2D eigenvalue weighted by Gasteiger charge is -2.31. The Labute approximate surface area is 185 Å². The Kier molecular flexibility index (Phi) is 10.1. The largest absolute Gasteiger partial charge is 0.458 e. The number of unbranched alkanes of at least 4 members (excludes halogenated alkanes) is 6. The fourth-order valence-corrected chi connectivity index (χ4v) is 3.10. The van der Waals surface area contributed by atoms with Crippen molar-refractivity contribution in [3.8, 4) is 5.75 Å². The summed E-state index contributed by atoms with van der Waals surface area (Å²) in [7, 11) is 0. The highest BCUT2D eigenvalue weighted by Gasteiger charge is 2.31. The fraction of sp³-hybridized carbons (Fsp3) is 0.520. The molecule has 0 radical (unpaired) electrons. The van der Waals surface area contributed by atoms with Gasteiger partial charge in [-0.3, -0.25) is 0 Å². The van der Waals surface area contributed by atoms with Crippen molar-refractivity contribution in [2.75, 3.05) is 0 Å². The van der Waals surface area contributed by atoms with Crippen LogP contribution in [0.4, 0.5) is 0 Å². The van der Waals surface area contributed by atoms with Crippen LogP contribution in [0.15, 0.2) is 47.7 Å². The quantitative estimate of drug-likeness (QED) is 0.176. The lowest BCUT2D eigenvalue weighted by Crippen LogP contribution is -2.32. The molecule has 1 aromatic carbocycles. The summed E-state index contributed by atoms with van der Waals surface area (Å²) in [5.74, 6) is -0.394. The highest BCUT2D eigenvalue weighted by Crippen LogP contribution is 2.30. The van der Waals surface area contributed by atoms with Gasteiger partial charge < -0.3 is 9.47 Å². The Morgan fingerprint density at radius 2 is 1.55 bits per heavy atom. The molecule has 1 unspecified atom stereocenters. The molecule has 6 nitrogen and oxygen atoms in total. The molecule has 0 saturated carbocycles. The van der Waals surface area contributed by atoms with Gasteiger partial charge >= 0.3 is 11.9 Å². The molecule has 0 aromatic heterocycles. The number of ether oxygens (including phenoxy) is 2. The summed E-state index contributed by atoms with van der Waals surface area (Å²) >= 11 is 0. The van der Waals surface area contributed by atoms with E-state index < -0.39 is 18.2 Å². The maximum absolute atomic E-state index is 11.9. The van der Waals surface area contributed by atoms with Gasteiger partial charge in [0.15, 0.2) is 0 Å². The topological polar surface area (TPSA) is 71.1 Å². The van der Waals surface area contributed by atoms with Crippen molar-refractivity contribution >= 4 is 11.9 Å². The number of rotatable bonds is 12. The van der Waals surface area contributed by atoms with E-state index in [9.17, 15) is 9.59 Å². The van der Waals surface area contributed by atoms with Gasteiger partial charge in [0.25, 0.3) is 0 Å². The Balaban J connectivity index is 1.67. The molecule has 1 fully saturated rings. The molecule has 1 aliphatic heterocycles. The molecule has 1 aliphatic rings. The summed E-state index contributed by atoms with van der Waals surface area (Å²) in [6, 6.07) is 8.06. The Morgan fingerprint density at radius 3 is 2.16 bits per heavy atom. The van der Waals surface area contributed by atoms with Crippen molar-refractivity contribution in [1.29, 1.82) is 0 Å². The van der Waals surface area contributed by atoms with Crippen molar-refractivity contribution in [1.82, 2.24) is 0 Å². The van der Waals surface area contributed by atoms with Crippen LogP contribution in [0.2, 0.25) is 0 Å². The van der Waals surface area contributed by atoms with E-state index >= 15 is 0 Å². The van der Waals surface area contributed by atoms with Crippen LogP contribution >= 0.6 is 0 Å². The molecule has 0 N–H and O–H groups in total. The van der Waals surface area contributed by atoms with Crippen molar-refractivity contribution in [2.45, 2.75) is 84.8 Å². The number of hydrogen-bond acceptors (Lipinski definition) is 6. The second-order valence-electron chi connectivity index (χ2n) is 7.95. The smallest absolute Gasteiger partial charge is 0.385 e. The van der Waals surface area contributed by atoms with Crippen LogP contribution in [-0.2, 0) is 30.5 Å². The molecule has 1 heterocycles. The SMILES string of the molecule is C=C(C)C(=O)OOC(=O)/C(C)=C1/CC(Oc2ccc(CCCCCCCCC)cc2)O1. The summed E-state index contributed by atoms with van der Waals surface area (Å²) in [4.78, 5) is 32.0. The average molecular weight is 431 g/mol. The van der Waals surface area contributed by atoms with Gasteiger partial charge in [0.2, 0.25) is 6.29 Å². The molecule has 1 aromatic rings. The third-order valence-corrected chi connectivity index (χ3v) is 5.15. The van der Waals surface area contributed by atoms with E-state index in [1.807, 2.05) is 12.1 Å². The van der Waals surface area contributed by atoms with Crippen molar-refractivity contribution in [3.05, 3.63) is 53.3 Å². The van der Waals surface area contributed by atoms with E-state index in [-0.39, 0.29) is 11.1 Å². The number of carbonyl (C=O) groups excluding carboxylic acids is 2. The molecule has 0 amide bonds. The van der Waals surface area contributed by atoms with Crippen LogP contribution in [0.5, 0.6) is 5.75 Å². The molecule has 170 valence electrons. The summed E-state index contributed by atoms with van der Waals surface area (Å²) in [6.45, 7) is 8.65. The Morgan fingerprint density at radius 1 is 0.968 bits per heavy atom. The highest BCUT2D eigenvalue weighted by atomic mass is 17.2. The zero-order valence-electron chi connectivity index (χ0n) is 18.9. The highest BCUT2D eigenvalue weighted by molar-refractivity contribution is 5.90. The predicted octanol–water partition coefficient (Wildman–Crippen LogP) is 5.96. The second kappa shape index (κ2) is 12.8. The number of aryl methyl sites for hydroxylation is 1. The van der Waals surface area contributed by atoms with E-state index in [1.165, 1.54) is 57.4 Å². The number of benzene rings is 1. The van der Waals surface area contributed by atoms with Gasteiger partial charge in [0, 0.05) is 5.57 Å². The molecule has 6 heteroatoms. The van der Waals surface area contributed by atoms with Gasteiger partial charge in [-0.25, -0.2) is 19.4 Å². The van der Waals surface area contributed by atoms with Gasteiger partial charge in [0.05, 0.1) is 12.0 Å². The molecule has 2 rings (SSSR count). The van der Waals surface area contributed by atoms with E-state index in [1.54, 1.807) is 6.92 Å². The van der Waals surface area contributed by atoms with Gasteiger partial charge in [0.1, 0.15) is 11.5 Å². The third kappa shape index (κ3) is 8.48. The summed E-state index contributed by atoms with van der Waals surface area (Å²) in [5.41, 5.74) is 1.68. The van der Waals surface area contributed by atoms with Gasteiger partial charge in [-0.05, 0) is 44.4 Å². The zero-order chi connectivity index (χ0) is 22.6. The van der Waals surface area contributed by atoms with E-state index in [0.29, 0.717) is 12.2 Å². The first-order valence-electron chi connectivity index (χ1n) is 11.1. The van der Waals surface area contributed by atoms with E-state index in [4.69, 9.17) is 9.47 Å². The molecule has 1 atom stereocenters. The van der Waals surface area contributed by atoms with Crippen LogP contribution in [0.3, 0.4) is 0 Å². The minimum absolute atomic E-state index is 0.139. The van der Waals surface area contributed by atoms with Gasteiger partial charge in [-0.1, -0.05) is 64.2 Å². The lowest BCUT2D eigenvalue weighted by atomic mass is 10.0. The van der Waals surface area contributed by atoms with Crippen LogP contribution in [-0.4, -0.2) is 18.2 Å². The molecule has 0 bridgehead atoms. The molecule has 1 saturated heterocycles. The molecule has 0 aliphatic carbocycles. The first-order valence-corrected chi connectivity index (χ1v) is 11.1. The van der Waals surface area contributed by atoms with Crippen LogP contribution < -0.4 is 4.74 Å². The first kappa shape index (κ1) is 24.5. The maximum atomic E-state index is 11.9. The molecule has 31 heavy (non-hydrogen) atoms. The van der Waals surface area contributed by atoms with Crippen LogP contribution in [0.1, 0.15) is 77.7 Å². The maximum Gasteiger partial charge on any atom is 0.385 e. The molecule has 0 spiro atoms.